The van der Waals surface area contributed by atoms with E-state index < -0.39 is 0 Å². The lowest BCUT2D eigenvalue weighted by molar-refractivity contribution is 0.102. The summed E-state index contributed by atoms with van der Waals surface area (Å²) in [7, 11) is 0. The predicted molar refractivity (Wildman–Crippen MR) is 89.1 cm³/mol. The van der Waals surface area contributed by atoms with E-state index in [1.54, 1.807) is 6.07 Å². The van der Waals surface area contributed by atoms with Crippen molar-refractivity contribution in [1.82, 2.24) is 4.98 Å². The molecule has 0 radical (unpaired) electrons. The van der Waals surface area contributed by atoms with Crippen LogP contribution in [0.1, 0.15) is 10.4 Å². The van der Waals surface area contributed by atoms with Crippen LogP contribution in [0.3, 0.4) is 0 Å². The van der Waals surface area contributed by atoms with E-state index in [0.717, 1.165) is 16.8 Å². The summed E-state index contributed by atoms with van der Waals surface area (Å²) in [5.41, 5.74) is 3.46. The Morgan fingerprint density at radius 2 is 1.59 bits per heavy atom. The first-order valence-electron chi connectivity index (χ1n) is 6.81. The highest BCUT2D eigenvalue weighted by Crippen LogP contribution is 2.21. The molecule has 108 valence electrons. The first kappa shape index (κ1) is 14.3. The summed E-state index contributed by atoms with van der Waals surface area (Å²) in [6.07, 6.45) is 1.51. The minimum atomic E-state index is -0.211. The zero-order chi connectivity index (χ0) is 15.4. The number of amides is 1. The number of carbonyl (C=O) groups is 1. The minimum Gasteiger partial charge on any atom is -0.322 e. The molecular formula is C18H13ClN2O. The van der Waals surface area contributed by atoms with E-state index >= 15 is 0 Å². The number of hydrogen-bond donors (Lipinski definition) is 1. The highest BCUT2D eigenvalue weighted by atomic mass is 35.5. The highest BCUT2D eigenvalue weighted by Gasteiger charge is 2.07. The van der Waals surface area contributed by atoms with Crippen molar-refractivity contribution in [3.63, 3.8) is 0 Å². The molecule has 22 heavy (non-hydrogen) atoms. The molecule has 0 saturated carbocycles. The fourth-order valence-corrected chi connectivity index (χ4v) is 2.30. The van der Waals surface area contributed by atoms with E-state index in [9.17, 15) is 4.79 Å². The smallest absolute Gasteiger partial charge is 0.255 e. The molecule has 0 spiro atoms. The summed E-state index contributed by atoms with van der Waals surface area (Å²) in [5, 5.41) is 3.14. The minimum absolute atomic E-state index is 0.211. The Hall–Kier alpha value is -2.65. The van der Waals surface area contributed by atoms with Crippen molar-refractivity contribution in [3.8, 4) is 11.1 Å². The van der Waals surface area contributed by atoms with E-state index in [2.05, 4.69) is 10.3 Å². The third-order valence-electron chi connectivity index (χ3n) is 3.24. The maximum absolute atomic E-state index is 12.1. The normalized spacial score (nSPS) is 10.2. The lowest BCUT2D eigenvalue weighted by atomic mass is 10.1. The molecular weight excluding hydrogens is 296 g/mol. The molecule has 1 amide bonds. The molecule has 3 aromatic rings. The lowest BCUT2D eigenvalue weighted by Crippen LogP contribution is -2.11. The van der Waals surface area contributed by atoms with Gasteiger partial charge < -0.3 is 5.32 Å². The number of aromatic nitrogens is 1. The van der Waals surface area contributed by atoms with Gasteiger partial charge >= 0.3 is 0 Å². The first-order chi connectivity index (χ1) is 10.7. The number of carbonyl (C=O) groups excluding carboxylic acids is 1. The van der Waals surface area contributed by atoms with Crippen molar-refractivity contribution in [2.75, 3.05) is 5.32 Å². The summed E-state index contributed by atoms with van der Waals surface area (Å²) in [6, 6.07) is 20.9. The summed E-state index contributed by atoms with van der Waals surface area (Å²) >= 11 is 5.79. The molecule has 1 aromatic heterocycles. The van der Waals surface area contributed by atoms with Crippen molar-refractivity contribution < 1.29 is 4.79 Å². The quantitative estimate of drug-likeness (QED) is 0.715. The van der Waals surface area contributed by atoms with Crippen molar-refractivity contribution in [2.45, 2.75) is 0 Å². The second kappa shape index (κ2) is 6.41. The fraction of sp³-hybridized carbons (Fsp3) is 0. The number of halogens is 1. The second-order valence-electron chi connectivity index (χ2n) is 4.76. The van der Waals surface area contributed by atoms with Crippen molar-refractivity contribution in [2.24, 2.45) is 0 Å². The predicted octanol–water partition coefficient (Wildman–Crippen LogP) is 4.65. The molecule has 1 N–H and O–H groups in total. The Bertz CT molecular complexity index is 786. The maximum Gasteiger partial charge on any atom is 0.255 e. The topological polar surface area (TPSA) is 42.0 Å². The van der Waals surface area contributed by atoms with Gasteiger partial charge in [0.1, 0.15) is 5.15 Å². The van der Waals surface area contributed by atoms with E-state index in [1.807, 2.05) is 54.6 Å². The number of rotatable bonds is 3. The molecule has 0 aliphatic heterocycles. The average molecular weight is 309 g/mol. The molecule has 3 nitrogen and oxygen atoms in total. The fourth-order valence-electron chi connectivity index (χ4n) is 2.12. The molecule has 0 aliphatic rings. The number of anilines is 1. The SMILES string of the molecule is O=C(Nc1ccc(-c2ccccc2)cc1)c1ccnc(Cl)c1. The van der Waals surface area contributed by atoms with Gasteiger partial charge in [-0.25, -0.2) is 4.98 Å². The summed E-state index contributed by atoms with van der Waals surface area (Å²) < 4.78 is 0. The average Bonchev–Trinajstić information content (AvgIpc) is 2.56. The van der Waals surface area contributed by atoms with E-state index in [-0.39, 0.29) is 5.91 Å². The zero-order valence-electron chi connectivity index (χ0n) is 11.7. The molecule has 0 atom stereocenters. The van der Waals surface area contributed by atoms with Crippen LogP contribution < -0.4 is 5.32 Å². The van der Waals surface area contributed by atoms with Gasteiger partial charge in [-0.15, -0.1) is 0 Å². The number of nitrogens with zero attached hydrogens (tertiary/aromatic N) is 1. The Labute approximate surface area is 133 Å². The van der Waals surface area contributed by atoms with Gasteiger partial charge in [0.2, 0.25) is 0 Å². The first-order valence-corrected chi connectivity index (χ1v) is 7.18. The van der Waals surface area contributed by atoms with Gasteiger partial charge in [-0.2, -0.15) is 0 Å². The van der Waals surface area contributed by atoms with Crippen LogP contribution >= 0.6 is 11.6 Å². The van der Waals surface area contributed by atoms with Crippen LogP contribution in [0.15, 0.2) is 72.9 Å². The van der Waals surface area contributed by atoms with Crippen LogP contribution in [0.25, 0.3) is 11.1 Å². The Morgan fingerprint density at radius 1 is 0.909 bits per heavy atom. The number of pyridine rings is 1. The van der Waals surface area contributed by atoms with Gasteiger partial charge in [0.05, 0.1) is 0 Å². The van der Waals surface area contributed by atoms with Crippen molar-refractivity contribution in [3.05, 3.63) is 83.6 Å². The Kier molecular flexibility index (Phi) is 4.17. The third-order valence-corrected chi connectivity index (χ3v) is 3.45. The summed E-state index contributed by atoms with van der Waals surface area (Å²) in [6.45, 7) is 0. The van der Waals surface area contributed by atoms with Crippen molar-refractivity contribution >= 4 is 23.2 Å². The molecule has 0 aliphatic carbocycles. The highest BCUT2D eigenvalue weighted by molar-refractivity contribution is 6.29. The Morgan fingerprint density at radius 3 is 2.27 bits per heavy atom. The summed E-state index contributed by atoms with van der Waals surface area (Å²) in [5.74, 6) is -0.211. The van der Waals surface area contributed by atoms with E-state index in [4.69, 9.17) is 11.6 Å². The van der Waals surface area contributed by atoms with Gasteiger partial charge in [0, 0.05) is 17.4 Å². The van der Waals surface area contributed by atoms with Crippen LogP contribution in [0.5, 0.6) is 0 Å². The second-order valence-corrected chi connectivity index (χ2v) is 5.15. The maximum atomic E-state index is 12.1. The zero-order valence-corrected chi connectivity index (χ0v) is 12.4. The molecule has 0 unspecified atom stereocenters. The van der Waals surface area contributed by atoms with Crippen LogP contribution in [0.4, 0.5) is 5.69 Å². The standard InChI is InChI=1S/C18H13ClN2O/c19-17-12-15(10-11-20-17)18(22)21-16-8-6-14(7-9-16)13-4-2-1-3-5-13/h1-12H,(H,21,22). The Balaban J connectivity index is 1.75. The van der Waals surface area contributed by atoms with Gasteiger partial charge in [-0.3, -0.25) is 4.79 Å². The molecule has 1 heterocycles. The van der Waals surface area contributed by atoms with Crippen LogP contribution in [-0.2, 0) is 0 Å². The third kappa shape index (κ3) is 3.32. The van der Waals surface area contributed by atoms with Crippen LogP contribution in [0.2, 0.25) is 5.15 Å². The van der Waals surface area contributed by atoms with E-state index in [1.165, 1.54) is 12.3 Å². The number of benzene rings is 2. The molecule has 3 rings (SSSR count). The lowest BCUT2D eigenvalue weighted by Gasteiger charge is -2.07. The molecule has 0 fully saturated rings. The molecule has 2 aromatic carbocycles. The summed E-state index contributed by atoms with van der Waals surface area (Å²) in [4.78, 5) is 16.0. The van der Waals surface area contributed by atoms with Gasteiger partial charge in [-0.1, -0.05) is 54.1 Å². The largest absolute Gasteiger partial charge is 0.322 e. The molecule has 4 heteroatoms. The number of nitrogens with one attached hydrogen (secondary N) is 1. The van der Waals surface area contributed by atoms with Crippen LogP contribution in [0, 0.1) is 0 Å². The monoisotopic (exact) mass is 308 g/mol. The van der Waals surface area contributed by atoms with Crippen molar-refractivity contribution in [1.29, 1.82) is 0 Å². The molecule has 0 bridgehead atoms. The van der Waals surface area contributed by atoms with E-state index in [0.29, 0.717) is 10.7 Å². The van der Waals surface area contributed by atoms with Crippen LogP contribution in [-0.4, -0.2) is 10.9 Å². The number of hydrogen-bond acceptors (Lipinski definition) is 2. The molecule has 0 saturated heterocycles. The van der Waals surface area contributed by atoms with Gasteiger partial charge in [-0.05, 0) is 35.4 Å². The van der Waals surface area contributed by atoms with Gasteiger partial charge in [0.15, 0.2) is 0 Å². The van der Waals surface area contributed by atoms with Gasteiger partial charge in [0.25, 0.3) is 5.91 Å².